The average molecular weight is 318 g/mol. The number of rotatable bonds is 6. The molecule has 0 aromatic carbocycles. The van der Waals surface area contributed by atoms with E-state index in [0.717, 1.165) is 32.0 Å². The number of piperidine rings is 1. The molecule has 124 valence electrons. The Kier molecular flexibility index (Phi) is 7.45. The largest absolute Gasteiger partial charge is 0.356 e. The number of nitrogens with zero attached hydrogens (tertiary/aromatic N) is 3. The molecule has 21 heavy (non-hydrogen) atoms. The van der Waals surface area contributed by atoms with E-state index < -0.39 is 10.0 Å². The summed E-state index contributed by atoms with van der Waals surface area (Å²) in [5, 5.41) is 3.34. The highest BCUT2D eigenvalue weighted by atomic mass is 32.2. The highest BCUT2D eigenvalue weighted by Gasteiger charge is 2.19. The van der Waals surface area contributed by atoms with Gasteiger partial charge in [-0.3, -0.25) is 4.99 Å². The average Bonchev–Trinajstić information content (AvgIpc) is 2.47. The van der Waals surface area contributed by atoms with Gasteiger partial charge in [0.15, 0.2) is 5.96 Å². The van der Waals surface area contributed by atoms with Crippen molar-refractivity contribution in [2.24, 2.45) is 10.9 Å². The molecule has 1 atom stereocenters. The summed E-state index contributed by atoms with van der Waals surface area (Å²) in [5.41, 5.74) is 0. The molecule has 0 amide bonds. The van der Waals surface area contributed by atoms with Crippen LogP contribution in [0, 0.1) is 5.92 Å². The molecule has 1 saturated heterocycles. The summed E-state index contributed by atoms with van der Waals surface area (Å²) >= 11 is 0. The second-order valence-corrected chi connectivity index (χ2v) is 8.11. The first-order valence-corrected chi connectivity index (χ1v) is 9.41. The molecule has 0 radical (unpaired) electrons. The molecule has 1 rings (SSSR count). The van der Waals surface area contributed by atoms with E-state index >= 15 is 0 Å². The molecule has 1 fully saturated rings. The maximum atomic E-state index is 11.6. The smallest absolute Gasteiger partial charge is 0.213 e. The van der Waals surface area contributed by atoms with Crippen molar-refractivity contribution in [1.82, 2.24) is 14.5 Å². The van der Waals surface area contributed by atoms with Gasteiger partial charge in [0.1, 0.15) is 0 Å². The number of hydrogen-bond acceptors (Lipinski definition) is 3. The van der Waals surface area contributed by atoms with Gasteiger partial charge in [-0.2, -0.15) is 0 Å². The normalized spacial score (nSPS) is 20.9. The van der Waals surface area contributed by atoms with Gasteiger partial charge in [-0.05, 0) is 32.1 Å². The van der Waals surface area contributed by atoms with E-state index in [4.69, 9.17) is 0 Å². The number of hydrogen-bond donors (Lipinski definition) is 1. The predicted molar refractivity (Wildman–Crippen MR) is 88.0 cm³/mol. The standard InChI is InChI=1S/C14H30N4O2S/c1-5-21(19,20)17(4)10-7-9-16-14(15-3)18-11-6-8-13(2)12-18/h13H,5-12H2,1-4H3,(H,15,16). The molecule has 0 aliphatic carbocycles. The van der Waals surface area contributed by atoms with E-state index in [-0.39, 0.29) is 5.75 Å². The van der Waals surface area contributed by atoms with E-state index in [9.17, 15) is 8.42 Å². The Morgan fingerprint density at radius 1 is 1.48 bits per heavy atom. The van der Waals surface area contributed by atoms with Gasteiger partial charge in [-0.25, -0.2) is 12.7 Å². The summed E-state index contributed by atoms with van der Waals surface area (Å²) in [7, 11) is 0.372. The number of nitrogens with one attached hydrogen (secondary N) is 1. The highest BCUT2D eigenvalue weighted by molar-refractivity contribution is 7.89. The molecule has 1 N–H and O–H groups in total. The van der Waals surface area contributed by atoms with Gasteiger partial charge >= 0.3 is 0 Å². The van der Waals surface area contributed by atoms with Gasteiger partial charge in [-0.15, -0.1) is 0 Å². The molecule has 0 aromatic heterocycles. The summed E-state index contributed by atoms with van der Waals surface area (Å²) in [4.78, 5) is 6.62. The summed E-state index contributed by atoms with van der Waals surface area (Å²) < 4.78 is 24.7. The number of aliphatic imine (C=N–C) groups is 1. The van der Waals surface area contributed by atoms with E-state index in [0.29, 0.717) is 12.5 Å². The quantitative estimate of drug-likeness (QED) is 0.450. The lowest BCUT2D eigenvalue weighted by Gasteiger charge is -2.33. The third kappa shape index (κ3) is 5.82. The topological polar surface area (TPSA) is 65.0 Å². The van der Waals surface area contributed by atoms with Crippen molar-refractivity contribution in [3.8, 4) is 0 Å². The molecule has 1 aliphatic heterocycles. The molecule has 1 aliphatic rings. The lowest BCUT2D eigenvalue weighted by molar-refractivity contribution is 0.266. The Labute approximate surface area is 129 Å². The summed E-state index contributed by atoms with van der Waals surface area (Å²) in [5.74, 6) is 1.80. The van der Waals surface area contributed by atoms with Crippen molar-refractivity contribution < 1.29 is 8.42 Å². The van der Waals surface area contributed by atoms with Crippen molar-refractivity contribution in [2.45, 2.75) is 33.1 Å². The summed E-state index contributed by atoms with van der Waals surface area (Å²) in [6, 6.07) is 0. The fourth-order valence-electron chi connectivity index (χ4n) is 2.58. The third-order valence-corrected chi connectivity index (χ3v) is 5.80. The Bertz CT molecular complexity index is 436. The molecule has 1 unspecified atom stereocenters. The first kappa shape index (κ1) is 18.2. The van der Waals surface area contributed by atoms with Gasteiger partial charge in [0.2, 0.25) is 10.0 Å². The van der Waals surface area contributed by atoms with Crippen LogP contribution in [0.25, 0.3) is 0 Å². The molecule has 0 saturated carbocycles. The number of sulfonamides is 1. The number of guanidine groups is 1. The minimum Gasteiger partial charge on any atom is -0.356 e. The van der Waals surface area contributed by atoms with E-state index in [1.54, 1.807) is 21.0 Å². The van der Waals surface area contributed by atoms with Crippen molar-refractivity contribution in [3.05, 3.63) is 0 Å². The van der Waals surface area contributed by atoms with Crippen LogP contribution in [0.4, 0.5) is 0 Å². The van der Waals surface area contributed by atoms with Crippen LogP contribution < -0.4 is 5.32 Å². The van der Waals surface area contributed by atoms with Gasteiger partial charge < -0.3 is 10.2 Å². The minimum atomic E-state index is -3.07. The second kappa shape index (κ2) is 8.58. The van der Waals surface area contributed by atoms with E-state index in [1.807, 2.05) is 0 Å². The van der Waals surface area contributed by atoms with Crippen LogP contribution in [-0.4, -0.2) is 69.6 Å². The first-order valence-electron chi connectivity index (χ1n) is 7.80. The lowest BCUT2D eigenvalue weighted by Crippen LogP contribution is -2.46. The molecule has 0 aromatic rings. The van der Waals surface area contributed by atoms with E-state index in [1.165, 1.54) is 17.1 Å². The zero-order chi connectivity index (χ0) is 15.9. The molecule has 0 bridgehead atoms. The zero-order valence-corrected chi connectivity index (χ0v) is 14.6. The van der Waals surface area contributed by atoms with Crippen LogP contribution in [0.15, 0.2) is 4.99 Å². The monoisotopic (exact) mass is 318 g/mol. The fraction of sp³-hybridized carbons (Fsp3) is 0.929. The van der Waals surface area contributed by atoms with Crippen LogP contribution in [0.2, 0.25) is 0 Å². The molecule has 0 spiro atoms. The third-order valence-electron chi connectivity index (χ3n) is 3.94. The van der Waals surface area contributed by atoms with Crippen LogP contribution >= 0.6 is 0 Å². The van der Waals surface area contributed by atoms with Gasteiger partial charge in [0.25, 0.3) is 0 Å². The molecule has 7 heteroatoms. The second-order valence-electron chi connectivity index (χ2n) is 5.74. The molecule has 6 nitrogen and oxygen atoms in total. The molecular weight excluding hydrogens is 288 g/mol. The Morgan fingerprint density at radius 3 is 2.76 bits per heavy atom. The lowest BCUT2D eigenvalue weighted by atomic mass is 10.0. The first-order chi connectivity index (χ1) is 9.90. The Morgan fingerprint density at radius 2 is 2.19 bits per heavy atom. The van der Waals surface area contributed by atoms with Crippen LogP contribution in [0.5, 0.6) is 0 Å². The highest BCUT2D eigenvalue weighted by Crippen LogP contribution is 2.15. The van der Waals surface area contributed by atoms with Crippen LogP contribution in [-0.2, 0) is 10.0 Å². The van der Waals surface area contributed by atoms with Crippen molar-refractivity contribution >= 4 is 16.0 Å². The van der Waals surface area contributed by atoms with E-state index in [2.05, 4.69) is 22.1 Å². The Balaban J connectivity index is 2.33. The van der Waals surface area contributed by atoms with Crippen LogP contribution in [0.1, 0.15) is 33.1 Å². The molecular formula is C14H30N4O2S. The summed E-state index contributed by atoms with van der Waals surface area (Å²) in [6.07, 6.45) is 3.27. The van der Waals surface area contributed by atoms with Crippen molar-refractivity contribution in [2.75, 3.05) is 46.0 Å². The predicted octanol–water partition coefficient (Wildman–Crippen LogP) is 0.965. The minimum absolute atomic E-state index is 0.157. The SMILES string of the molecule is CCS(=O)(=O)N(C)CCCNC(=NC)N1CCCC(C)C1. The van der Waals surface area contributed by atoms with Crippen LogP contribution in [0.3, 0.4) is 0 Å². The van der Waals surface area contributed by atoms with Crippen molar-refractivity contribution in [1.29, 1.82) is 0 Å². The fourth-order valence-corrected chi connectivity index (χ4v) is 3.42. The van der Waals surface area contributed by atoms with Gasteiger partial charge in [0.05, 0.1) is 5.75 Å². The van der Waals surface area contributed by atoms with Gasteiger partial charge in [0, 0.05) is 40.3 Å². The Hall–Kier alpha value is -0.820. The molecule has 1 heterocycles. The van der Waals surface area contributed by atoms with Gasteiger partial charge in [-0.1, -0.05) is 6.92 Å². The maximum Gasteiger partial charge on any atom is 0.213 e. The maximum absolute atomic E-state index is 11.6. The van der Waals surface area contributed by atoms with Crippen molar-refractivity contribution in [3.63, 3.8) is 0 Å². The summed E-state index contributed by atoms with van der Waals surface area (Å²) in [6.45, 7) is 7.31. The zero-order valence-electron chi connectivity index (χ0n) is 13.8. The number of likely N-dealkylation sites (tertiary alicyclic amines) is 1.